The molecule has 21 heavy (non-hydrogen) atoms. The van der Waals surface area contributed by atoms with Crippen LogP contribution in [0.2, 0.25) is 5.02 Å². The van der Waals surface area contributed by atoms with Crippen LogP contribution in [-0.2, 0) is 11.3 Å². The van der Waals surface area contributed by atoms with Crippen LogP contribution in [0.25, 0.3) is 0 Å². The zero-order valence-electron chi connectivity index (χ0n) is 12.7. The van der Waals surface area contributed by atoms with Gasteiger partial charge in [-0.05, 0) is 25.0 Å². The average molecular weight is 335 g/mol. The molecule has 1 aromatic carbocycles. The lowest BCUT2D eigenvalue weighted by molar-refractivity contribution is 0.375. The van der Waals surface area contributed by atoms with Crippen molar-refractivity contribution in [2.75, 3.05) is 24.6 Å². The third-order valence-corrected chi connectivity index (χ3v) is 4.01. The van der Waals surface area contributed by atoms with Gasteiger partial charge in [-0.1, -0.05) is 44.4 Å². The first-order valence-corrected chi connectivity index (χ1v) is 8.48. The topological polar surface area (TPSA) is 95.4 Å². The SMILES string of the molecule is CCCCN(CCCC)S(=O)[O-].Nc1cccc(N)c1Cl. The summed E-state index contributed by atoms with van der Waals surface area (Å²) in [5, 5.41) is 0.442. The standard InChI is InChI=1S/C8H19NO2S.C6H7ClN2/c1-3-5-7-9(12(10)11)8-6-4-2;7-6-4(8)2-1-3-5(6)9/h3-8H2,1-2H3,(H,10,11);1-3H,8-9H2/p-1. The highest BCUT2D eigenvalue weighted by molar-refractivity contribution is 7.76. The van der Waals surface area contributed by atoms with Crippen LogP contribution in [0.4, 0.5) is 11.4 Å². The molecule has 4 N–H and O–H groups in total. The molecule has 1 atom stereocenters. The van der Waals surface area contributed by atoms with E-state index in [1.165, 1.54) is 4.31 Å². The zero-order chi connectivity index (χ0) is 16.3. The number of hydrogen-bond donors (Lipinski definition) is 2. The first kappa shape index (κ1) is 20.2. The van der Waals surface area contributed by atoms with Crippen LogP contribution in [-0.4, -0.2) is 26.2 Å². The molecule has 0 aromatic heterocycles. The maximum Gasteiger partial charge on any atom is 0.0864 e. The van der Waals surface area contributed by atoms with E-state index in [9.17, 15) is 8.76 Å². The highest BCUT2D eigenvalue weighted by Crippen LogP contribution is 2.24. The molecule has 0 saturated carbocycles. The summed E-state index contributed by atoms with van der Waals surface area (Å²) in [6.07, 6.45) is 4.00. The van der Waals surface area contributed by atoms with Gasteiger partial charge >= 0.3 is 0 Å². The fourth-order valence-corrected chi connectivity index (χ4v) is 2.18. The predicted octanol–water partition coefficient (Wildman–Crippen LogP) is 3.19. The summed E-state index contributed by atoms with van der Waals surface area (Å²) in [5.74, 6) is 0. The smallest absolute Gasteiger partial charge is 0.0864 e. The molecule has 7 heteroatoms. The lowest BCUT2D eigenvalue weighted by atomic mass is 10.3. The van der Waals surface area contributed by atoms with Crippen LogP contribution >= 0.6 is 11.6 Å². The Morgan fingerprint density at radius 1 is 1.14 bits per heavy atom. The van der Waals surface area contributed by atoms with E-state index in [4.69, 9.17) is 23.1 Å². The largest absolute Gasteiger partial charge is 0.760 e. The number of unbranched alkanes of at least 4 members (excludes halogenated alkanes) is 2. The lowest BCUT2D eigenvalue weighted by Gasteiger charge is -2.23. The van der Waals surface area contributed by atoms with Crippen LogP contribution in [0.1, 0.15) is 39.5 Å². The Morgan fingerprint density at radius 2 is 1.57 bits per heavy atom. The molecule has 0 heterocycles. The highest BCUT2D eigenvalue weighted by atomic mass is 35.5. The Balaban J connectivity index is 0.000000394. The number of anilines is 2. The molecule has 0 spiro atoms. The molecule has 0 aliphatic heterocycles. The fraction of sp³-hybridized carbons (Fsp3) is 0.571. The molecular weight excluding hydrogens is 310 g/mol. The van der Waals surface area contributed by atoms with Crippen molar-refractivity contribution in [2.45, 2.75) is 39.5 Å². The summed E-state index contributed by atoms with van der Waals surface area (Å²) in [6, 6.07) is 5.17. The molecule has 1 rings (SSSR count). The van der Waals surface area contributed by atoms with Crippen molar-refractivity contribution in [3.05, 3.63) is 23.2 Å². The molecule has 0 amide bonds. The van der Waals surface area contributed by atoms with Gasteiger partial charge in [0.05, 0.1) is 16.4 Å². The van der Waals surface area contributed by atoms with Crippen molar-refractivity contribution < 1.29 is 8.76 Å². The minimum absolute atomic E-state index is 0.442. The van der Waals surface area contributed by atoms with Gasteiger partial charge in [-0.2, -0.15) is 0 Å². The van der Waals surface area contributed by atoms with E-state index < -0.39 is 11.3 Å². The van der Waals surface area contributed by atoms with Gasteiger partial charge in [0, 0.05) is 24.4 Å². The molecule has 0 fully saturated rings. The molecular formula is C14H25ClN3O2S-. The molecule has 0 saturated heterocycles. The second-order valence-electron chi connectivity index (χ2n) is 4.60. The van der Waals surface area contributed by atoms with E-state index in [-0.39, 0.29) is 0 Å². The van der Waals surface area contributed by atoms with E-state index in [1.54, 1.807) is 18.2 Å². The Labute approximate surface area is 135 Å². The molecule has 0 radical (unpaired) electrons. The number of rotatable bonds is 7. The van der Waals surface area contributed by atoms with Crippen LogP contribution in [0.5, 0.6) is 0 Å². The molecule has 5 nitrogen and oxygen atoms in total. The second kappa shape index (κ2) is 11.8. The molecule has 1 aromatic rings. The Hall–Kier alpha value is -0.820. The Morgan fingerprint density at radius 3 is 1.86 bits per heavy atom. The van der Waals surface area contributed by atoms with Gasteiger partial charge in [-0.25, -0.2) is 4.31 Å². The van der Waals surface area contributed by atoms with Gasteiger partial charge in [0.15, 0.2) is 0 Å². The summed E-state index contributed by atoms with van der Waals surface area (Å²) in [5.41, 5.74) is 11.9. The minimum atomic E-state index is -2.02. The van der Waals surface area contributed by atoms with Gasteiger partial charge in [-0.15, -0.1) is 0 Å². The van der Waals surface area contributed by atoms with E-state index in [1.807, 2.05) is 0 Å². The van der Waals surface area contributed by atoms with E-state index in [0.29, 0.717) is 29.5 Å². The number of nitrogens with zero attached hydrogens (tertiary/aromatic N) is 1. The van der Waals surface area contributed by atoms with Gasteiger partial charge < -0.3 is 16.0 Å². The maximum absolute atomic E-state index is 10.6. The summed E-state index contributed by atoms with van der Waals surface area (Å²) < 4.78 is 22.8. The third-order valence-electron chi connectivity index (χ3n) is 2.79. The lowest BCUT2D eigenvalue weighted by Crippen LogP contribution is -2.27. The summed E-state index contributed by atoms with van der Waals surface area (Å²) in [7, 11) is 0. The first-order chi connectivity index (χ1) is 9.93. The van der Waals surface area contributed by atoms with Crippen molar-refractivity contribution in [3.63, 3.8) is 0 Å². The van der Waals surface area contributed by atoms with Crippen molar-refractivity contribution >= 4 is 34.2 Å². The molecule has 122 valence electrons. The summed E-state index contributed by atoms with van der Waals surface area (Å²) in [4.78, 5) is 0. The maximum atomic E-state index is 10.6. The van der Waals surface area contributed by atoms with Crippen molar-refractivity contribution in [1.82, 2.24) is 4.31 Å². The van der Waals surface area contributed by atoms with Gasteiger partial charge in [0.2, 0.25) is 0 Å². The number of nitrogen functional groups attached to an aromatic ring is 2. The third kappa shape index (κ3) is 8.93. The minimum Gasteiger partial charge on any atom is -0.760 e. The number of halogens is 1. The second-order valence-corrected chi connectivity index (χ2v) is 5.93. The molecule has 0 aliphatic rings. The summed E-state index contributed by atoms with van der Waals surface area (Å²) >= 11 is 3.60. The van der Waals surface area contributed by atoms with E-state index >= 15 is 0 Å². The van der Waals surface area contributed by atoms with Crippen molar-refractivity contribution in [3.8, 4) is 0 Å². The van der Waals surface area contributed by atoms with Crippen molar-refractivity contribution in [1.29, 1.82) is 0 Å². The monoisotopic (exact) mass is 334 g/mol. The normalized spacial score (nSPS) is 11.9. The number of benzene rings is 1. The quantitative estimate of drug-likeness (QED) is 0.591. The Bertz CT molecular complexity index is 404. The van der Waals surface area contributed by atoms with Crippen LogP contribution in [0.15, 0.2) is 18.2 Å². The summed E-state index contributed by atoms with van der Waals surface area (Å²) in [6.45, 7) is 5.47. The fourth-order valence-electron chi connectivity index (χ4n) is 1.50. The van der Waals surface area contributed by atoms with Gasteiger partial charge in [-0.3, -0.25) is 4.21 Å². The highest BCUT2D eigenvalue weighted by Gasteiger charge is 2.02. The van der Waals surface area contributed by atoms with E-state index in [0.717, 1.165) is 25.7 Å². The number of hydrogen-bond acceptors (Lipinski definition) is 4. The molecule has 0 aliphatic carbocycles. The van der Waals surface area contributed by atoms with E-state index in [2.05, 4.69) is 13.8 Å². The van der Waals surface area contributed by atoms with Gasteiger partial charge in [0.1, 0.15) is 0 Å². The van der Waals surface area contributed by atoms with Crippen LogP contribution in [0, 0.1) is 0 Å². The van der Waals surface area contributed by atoms with Crippen molar-refractivity contribution in [2.24, 2.45) is 0 Å². The first-order valence-electron chi connectivity index (χ1n) is 7.07. The van der Waals surface area contributed by atoms with Crippen LogP contribution < -0.4 is 11.5 Å². The zero-order valence-corrected chi connectivity index (χ0v) is 14.3. The Kier molecular flexibility index (Phi) is 11.3. The predicted molar refractivity (Wildman–Crippen MR) is 90.6 cm³/mol. The molecule has 0 bridgehead atoms. The molecule has 1 unspecified atom stereocenters. The van der Waals surface area contributed by atoms with Gasteiger partial charge in [0.25, 0.3) is 0 Å². The average Bonchev–Trinajstić information content (AvgIpc) is 2.45. The van der Waals surface area contributed by atoms with Crippen LogP contribution in [0.3, 0.4) is 0 Å². The number of nitrogens with two attached hydrogens (primary N) is 2.